The second-order valence-corrected chi connectivity index (χ2v) is 5.93. The zero-order chi connectivity index (χ0) is 15.9. The highest BCUT2D eigenvalue weighted by molar-refractivity contribution is 5.94. The number of carbonyl (C=O) groups is 1. The van der Waals surface area contributed by atoms with Crippen LogP contribution in [0.4, 0.5) is 0 Å². The van der Waals surface area contributed by atoms with Crippen LogP contribution in [-0.4, -0.2) is 43.0 Å². The zero-order valence-corrected chi connectivity index (χ0v) is 15.2. The molecule has 1 unspecified atom stereocenters. The molecule has 0 spiro atoms. The molecule has 0 bridgehead atoms. The van der Waals surface area contributed by atoms with E-state index in [1.165, 1.54) is 6.42 Å². The number of rotatable bonds is 8. The molecule has 1 atom stereocenters. The Balaban J connectivity index is 0.00000264. The molecule has 1 aliphatic heterocycles. The molecule has 5 heteroatoms. The molecule has 0 aromatic heterocycles. The van der Waals surface area contributed by atoms with Crippen molar-refractivity contribution in [2.45, 2.75) is 46.2 Å². The van der Waals surface area contributed by atoms with Crippen molar-refractivity contribution in [3.63, 3.8) is 0 Å². The Morgan fingerprint density at radius 2 is 2.17 bits per heavy atom. The van der Waals surface area contributed by atoms with Crippen LogP contribution in [0.3, 0.4) is 0 Å². The summed E-state index contributed by atoms with van der Waals surface area (Å²) in [6.45, 7) is 10.5. The predicted molar refractivity (Wildman–Crippen MR) is 96.8 cm³/mol. The molecule has 1 aliphatic rings. The van der Waals surface area contributed by atoms with Gasteiger partial charge < -0.3 is 10.1 Å². The molecule has 2 rings (SSSR count). The van der Waals surface area contributed by atoms with Gasteiger partial charge in [0.15, 0.2) is 5.78 Å². The van der Waals surface area contributed by atoms with E-state index >= 15 is 0 Å². The summed E-state index contributed by atoms with van der Waals surface area (Å²) in [5.74, 6) is 1.01. The molecule has 4 nitrogen and oxygen atoms in total. The summed E-state index contributed by atoms with van der Waals surface area (Å²) in [4.78, 5) is 14.2. The average molecular weight is 341 g/mol. The Bertz CT molecular complexity index is 502. The van der Waals surface area contributed by atoms with Gasteiger partial charge in [0.25, 0.3) is 0 Å². The van der Waals surface area contributed by atoms with E-state index in [-0.39, 0.29) is 18.2 Å². The van der Waals surface area contributed by atoms with Gasteiger partial charge >= 0.3 is 0 Å². The van der Waals surface area contributed by atoms with E-state index in [4.69, 9.17) is 4.74 Å². The van der Waals surface area contributed by atoms with E-state index in [2.05, 4.69) is 17.1 Å². The van der Waals surface area contributed by atoms with Gasteiger partial charge in [0.1, 0.15) is 5.75 Å². The van der Waals surface area contributed by atoms with E-state index in [1.54, 1.807) is 6.92 Å². The van der Waals surface area contributed by atoms with Gasteiger partial charge in [-0.05, 0) is 58.0 Å². The third kappa shape index (κ3) is 5.48. The number of nitrogens with zero attached hydrogens (tertiary/aromatic N) is 1. The van der Waals surface area contributed by atoms with Crippen LogP contribution < -0.4 is 10.1 Å². The minimum absolute atomic E-state index is 0. The number of nitrogens with one attached hydrogen (secondary N) is 1. The van der Waals surface area contributed by atoms with Crippen molar-refractivity contribution in [1.29, 1.82) is 0 Å². The van der Waals surface area contributed by atoms with E-state index < -0.39 is 0 Å². The van der Waals surface area contributed by atoms with Crippen LogP contribution in [0.2, 0.25) is 0 Å². The van der Waals surface area contributed by atoms with E-state index in [0.29, 0.717) is 12.6 Å². The smallest absolute Gasteiger partial charge is 0.159 e. The van der Waals surface area contributed by atoms with Crippen molar-refractivity contribution in [1.82, 2.24) is 10.2 Å². The summed E-state index contributed by atoms with van der Waals surface area (Å²) in [5.41, 5.74) is 1.88. The molecule has 1 N–H and O–H groups in total. The topological polar surface area (TPSA) is 41.6 Å². The molecule has 0 aliphatic carbocycles. The summed E-state index contributed by atoms with van der Waals surface area (Å²) >= 11 is 0. The molecule has 130 valence electrons. The fraction of sp³-hybridized carbons (Fsp3) is 0.611. The summed E-state index contributed by atoms with van der Waals surface area (Å²) in [7, 11) is 0. The Hall–Kier alpha value is -1.10. The van der Waals surface area contributed by atoms with E-state index in [0.717, 1.165) is 49.5 Å². The molecule has 1 heterocycles. The van der Waals surface area contributed by atoms with Crippen LogP contribution in [0.1, 0.15) is 49.5 Å². The van der Waals surface area contributed by atoms with Gasteiger partial charge in [-0.3, -0.25) is 9.69 Å². The average Bonchev–Trinajstić information content (AvgIpc) is 3.02. The first-order valence-corrected chi connectivity index (χ1v) is 8.37. The minimum Gasteiger partial charge on any atom is -0.494 e. The van der Waals surface area contributed by atoms with E-state index in [9.17, 15) is 4.79 Å². The second-order valence-electron chi connectivity index (χ2n) is 5.93. The molecule has 1 saturated heterocycles. The number of hydrogen-bond acceptors (Lipinski definition) is 4. The van der Waals surface area contributed by atoms with Crippen molar-refractivity contribution >= 4 is 18.2 Å². The molecular formula is C18H29ClN2O2. The monoisotopic (exact) mass is 340 g/mol. The lowest BCUT2D eigenvalue weighted by Gasteiger charge is -2.28. The fourth-order valence-corrected chi connectivity index (χ4v) is 3.07. The first-order valence-electron chi connectivity index (χ1n) is 8.37. The molecule has 0 amide bonds. The normalized spacial score (nSPS) is 17.1. The number of ether oxygens (including phenoxy) is 1. The minimum atomic E-state index is 0. The highest BCUT2D eigenvalue weighted by atomic mass is 35.5. The fourth-order valence-electron chi connectivity index (χ4n) is 3.07. The highest BCUT2D eigenvalue weighted by Gasteiger charge is 2.23. The summed E-state index contributed by atoms with van der Waals surface area (Å²) in [6, 6.07) is 6.37. The number of ketones is 1. The SMILES string of the molecule is CCCN(Cc1cc(C(C)=O)ccc1OCC)C1CCNC1.Cl. The van der Waals surface area contributed by atoms with Crippen LogP contribution in [-0.2, 0) is 6.54 Å². The quantitative estimate of drug-likeness (QED) is 0.737. The Labute approximate surface area is 146 Å². The lowest BCUT2D eigenvalue weighted by Crippen LogP contribution is -2.37. The van der Waals surface area contributed by atoms with Gasteiger partial charge in [-0.25, -0.2) is 0 Å². The molecule has 0 saturated carbocycles. The van der Waals surface area contributed by atoms with Crippen LogP contribution in [0.5, 0.6) is 5.75 Å². The lowest BCUT2D eigenvalue weighted by atomic mass is 10.1. The second kappa shape index (κ2) is 9.91. The molecule has 1 aromatic rings. The molecule has 0 radical (unpaired) electrons. The highest BCUT2D eigenvalue weighted by Crippen LogP contribution is 2.24. The third-order valence-electron chi connectivity index (χ3n) is 4.20. The Morgan fingerprint density at radius 3 is 2.74 bits per heavy atom. The maximum atomic E-state index is 11.7. The first kappa shape index (κ1) is 19.9. The number of Topliss-reactive ketones (excluding diaryl/α,β-unsaturated/α-hetero) is 1. The number of hydrogen-bond donors (Lipinski definition) is 1. The van der Waals surface area contributed by atoms with Crippen molar-refractivity contribution in [3.05, 3.63) is 29.3 Å². The van der Waals surface area contributed by atoms with Crippen LogP contribution >= 0.6 is 12.4 Å². The lowest BCUT2D eigenvalue weighted by molar-refractivity contribution is 0.101. The summed E-state index contributed by atoms with van der Waals surface area (Å²) < 4.78 is 5.76. The van der Waals surface area contributed by atoms with Gasteiger partial charge in [0.05, 0.1) is 6.61 Å². The van der Waals surface area contributed by atoms with Gasteiger partial charge in [-0.1, -0.05) is 6.92 Å². The summed E-state index contributed by atoms with van der Waals surface area (Å²) in [6.07, 6.45) is 2.32. The van der Waals surface area contributed by atoms with Gasteiger partial charge in [-0.15, -0.1) is 12.4 Å². The Morgan fingerprint density at radius 1 is 1.39 bits per heavy atom. The van der Waals surface area contributed by atoms with Crippen molar-refractivity contribution in [2.75, 3.05) is 26.2 Å². The molecule has 23 heavy (non-hydrogen) atoms. The van der Waals surface area contributed by atoms with Crippen LogP contribution in [0.25, 0.3) is 0 Å². The van der Waals surface area contributed by atoms with Crippen molar-refractivity contribution in [3.8, 4) is 5.75 Å². The Kier molecular flexibility index (Phi) is 8.59. The molecule has 1 aromatic carbocycles. The van der Waals surface area contributed by atoms with Crippen LogP contribution in [0, 0.1) is 0 Å². The zero-order valence-electron chi connectivity index (χ0n) is 14.4. The number of halogens is 1. The molecular weight excluding hydrogens is 312 g/mol. The van der Waals surface area contributed by atoms with Crippen LogP contribution in [0.15, 0.2) is 18.2 Å². The standard InChI is InChI=1S/C18H28N2O2.ClH/c1-4-10-20(17-8-9-19-12-17)13-16-11-15(14(3)21)6-7-18(16)22-5-2;/h6-7,11,17,19H,4-5,8-10,12-13H2,1-3H3;1H. The third-order valence-corrected chi connectivity index (χ3v) is 4.20. The molecule has 1 fully saturated rings. The van der Waals surface area contributed by atoms with Crippen molar-refractivity contribution < 1.29 is 9.53 Å². The largest absolute Gasteiger partial charge is 0.494 e. The number of carbonyl (C=O) groups excluding carboxylic acids is 1. The number of benzene rings is 1. The van der Waals surface area contributed by atoms with Crippen molar-refractivity contribution in [2.24, 2.45) is 0 Å². The van der Waals surface area contributed by atoms with E-state index in [1.807, 2.05) is 25.1 Å². The van der Waals surface area contributed by atoms with Gasteiger partial charge in [-0.2, -0.15) is 0 Å². The predicted octanol–water partition coefficient (Wildman–Crippen LogP) is 3.28. The van der Waals surface area contributed by atoms with Gasteiger partial charge in [0.2, 0.25) is 0 Å². The first-order chi connectivity index (χ1) is 10.7. The summed E-state index contributed by atoms with van der Waals surface area (Å²) in [5, 5.41) is 3.44. The van der Waals surface area contributed by atoms with Gasteiger partial charge in [0, 0.05) is 30.3 Å². The maximum absolute atomic E-state index is 11.7. The maximum Gasteiger partial charge on any atom is 0.159 e.